The molecule has 3 N–H and O–H groups in total. The van der Waals surface area contributed by atoms with Crippen molar-refractivity contribution >= 4 is 5.91 Å². The van der Waals surface area contributed by atoms with Crippen LogP contribution in [0.15, 0.2) is 0 Å². The lowest BCUT2D eigenvalue weighted by molar-refractivity contribution is -0.126. The average Bonchev–Trinajstić information content (AvgIpc) is 2.38. The number of nitrogens with one attached hydrogen (secondary N) is 1. The highest BCUT2D eigenvalue weighted by molar-refractivity contribution is 5.78. The van der Waals surface area contributed by atoms with Crippen molar-refractivity contribution in [2.24, 2.45) is 17.6 Å². The van der Waals surface area contributed by atoms with Crippen LogP contribution in [0.25, 0.3) is 0 Å². The van der Waals surface area contributed by atoms with Crippen molar-refractivity contribution in [2.75, 3.05) is 26.7 Å². The van der Waals surface area contributed by atoms with Gasteiger partial charge in [0.15, 0.2) is 0 Å². The van der Waals surface area contributed by atoms with Gasteiger partial charge in [-0.2, -0.15) is 0 Å². The fraction of sp³-hybridized carbons (Fsp3) is 0.929. The Labute approximate surface area is 111 Å². The van der Waals surface area contributed by atoms with Gasteiger partial charge in [-0.15, -0.1) is 0 Å². The van der Waals surface area contributed by atoms with Crippen molar-refractivity contribution in [1.82, 2.24) is 10.2 Å². The lowest BCUT2D eigenvalue weighted by Gasteiger charge is -2.28. The second-order valence-electron chi connectivity index (χ2n) is 5.83. The number of likely N-dealkylation sites (N-methyl/N-ethyl adjacent to an activating group) is 1. The molecule has 2 unspecified atom stereocenters. The van der Waals surface area contributed by atoms with Crippen LogP contribution in [0.2, 0.25) is 0 Å². The molecule has 4 heteroatoms. The lowest BCUT2D eigenvalue weighted by Crippen LogP contribution is -2.40. The van der Waals surface area contributed by atoms with Crippen LogP contribution in [-0.2, 0) is 4.79 Å². The van der Waals surface area contributed by atoms with E-state index in [1.165, 1.54) is 6.42 Å². The molecule has 106 valence electrons. The minimum Gasteiger partial charge on any atom is -0.355 e. The van der Waals surface area contributed by atoms with E-state index in [4.69, 9.17) is 5.73 Å². The summed E-state index contributed by atoms with van der Waals surface area (Å²) in [5.41, 5.74) is 5.70. The standard InChI is InChI=1S/C14H29N3O/c1-11(2)17(3)8-7-16-14(18)13-6-4-5-12(9-13)10-15/h11-13H,4-10,15H2,1-3H3,(H,16,18). The summed E-state index contributed by atoms with van der Waals surface area (Å²) in [7, 11) is 2.09. The first-order chi connectivity index (χ1) is 8.54. The quantitative estimate of drug-likeness (QED) is 0.750. The second-order valence-corrected chi connectivity index (χ2v) is 5.83. The van der Waals surface area contributed by atoms with Crippen LogP contribution in [0, 0.1) is 11.8 Å². The third-order valence-corrected chi connectivity index (χ3v) is 4.13. The highest BCUT2D eigenvalue weighted by Gasteiger charge is 2.26. The molecule has 1 fully saturated rings. The van der Waals surface area contributed by atoms with Crippen LogP contribution < -0.4 is 11.1 Å². The summed E-state index contributed by atoms with van der Waals surface area (Å²) in [4.78, 5) is 14.3. The van der Waals surface area contributed by atoms with Crippen molar-refractivity contribution in [3.63, 3.8) is 0 Å². The maximum atomic E-state index is 12.0. The zero-order chi connectivity index (χ0) is 13.5. The van der Waals surface area contributed by atoms with Gasteiger partial charge in [-0.25, -0.2) is 0 Å². The molecule has 0 aromatic carbocycles. The second kappa shape index (κ2) is 7.74. The van der Waals surface area contributed by atoms with Gasteiger partial charge in [0, 0.05) is 25.0 Å². The Morgan fingerprint density at radius 1 is 1.44 bits per heavy atom. The number of hydrogen-bond acceptors (Lipinski definition) is 3. The van der Waals surface area contributed by atoms with E-state index in [-0.39, 0.29) is 11.8 Å². The summed E-state index contributed by atoms with van der Waals surface area (Å²) in [6.45, 7) is 6.71. The van der Waals surface area contributed by atoms with Crippen LogP contribution in [0.3, 0.4) is 0 Å². The van der Waals surface area contributed by atoms with E-state index in [0.29, 0.717) is 12.0 Å². The minimum atomic E-state index is 0.191. The molecule has 1 saturated carbocycles. The Hall–Kier alpha value is -0.610. The van der Waals surface area contributed by atoms with E-state index < -0.39 is 0 Å². The average molecular weight is 255 g/mol. The third-order valence-electron chi connectivity index (χ3n) is 4.13. The monoisotopic (exact) mass is 255 g/mol. The SMILES string of the molecule is CC(C)N(C)CCNC(=O)C1CCCC(CN)C1. The van der Waals surface area contributed by atoms with Gasteiger partial charge in [-0.1, -0.05) is 6.42 Å². The normalized spacial score (nSPS) is 24.6. The van der Waals surface area contributed by atoms with Crippen LogP contribution in [0.1, 0.15) is 39.5 Å². The van der Waals surface area contributed by atoms with Crippen molar-refractivity contribution in [2.45, 2.75) is 45.6 Å². The molecule has 1 amide bonds. The fourth-order valence-corrected chi connectivity index (χ4v) is 2.50. The Bertz CT molecular complexity index is 255. The van der Waals surface area contributed by atoms with E-state index in [9.17, 15) is 4.79 Å². The highest BCUT2D eigenvalue weighted by atomic mass is 16.1. The molecule has 4 nitrogen and oxygen atoms in total. The molecule has 0 aromatic heterocycles. The van der Waals surface area contributed by atoms with Crippen LogP contribution in [0.4, 0.5) is 0 Å². The number of carbonyl (C=O) groups excluding carboxylic acids is 1. The molecule has 0 radical (unpaired) electrons. The Morgan fingerprint density at radius 3 is 2.78 bits per heavy atom. The van der Waals surface area contributed by atoms with Crippen molar-refractivity contribution in [3.8, 4) is 0 Å². The highest BCUT2D eigenvalue weighted by Crippen LogP contribution is 2.28. The molecule has 0 aliphatic heterocycles. The number of rotatable bonds is 6. The van der Waals surface area contributed by atoms with Gasteiger partial charge in [0.1, 0.15) is 0 Å². The van der Waals surface area contributed by atoms with Crippen LogP contribution >= 0.6 is 0 Å². The topological polar surface area (TPSA) is 58.4 Å². The number of carbonyl (C=O) groups is 1. The van der Waals surface area contributed by atoms with Gasteiger partial charge < -0.3 is 16.0 Å². The molecule has 1 aliphatic rings. The third kappa shape index (κ3) is 4.94. The van der Waals surface area contributed by atoms with Crippen LogP contribution in [0.5, 0.6) is 0 Å². The van der Waals surface area contributed by atoms with Gasteiger partial charge in [-0.3, -0.25) is 4.79 Å². The van der Waals surface area contributed by atoms with E-state index in [1.807, 2.05) is 0 Å². The van der Waals surface area contributed by atoms with Gasteiger partial charge in [0.25, 0.3) is 0 Å². The summed E-state index contributed by atoms with van der Waals surface area (Å²) in [6, 6.07) is 0.526. The summed E-state index contributed by atoms with van der Waals surface area (Å²) in [6.07, 6.45) is 4.34. The minimum absolute atomic E-state index is 0.191. The Balaban J connectivity index is 2.24. The number of amides is 1. The first-order valence-corrected chi connectivity index (χ1v) is 7.22. The molecule has 0 spiro atoms. The fourth-order valence-electron chi connectivity index (χ4n) is 2.50. The molecule has 1 aliphatic carbocycles. The lowest BCUT2D eigenvalue weighted by atomic mass is 9.81. The maximum absolute atomic E-state index is 12.0. The predicted molar refractivity (Wildman–Crippen MR) is 75.3 cm³/mol. The smallest absolute Gasteiger partial charge is 0.223 e. The first kappa shape index (κ1) is 15.4. The van der Waals surface area contributed by atoms with Gasteiger partial charge >= 0.3 is 0 Å². The zero-order valence-electron chi connectivity index (χ0n) is 12.1. The molecule has 2 atom stereocenters. The van der Waals surface area contributed by atoms with Crippen molar-refractivity contribution in [3.05, 3.63) is 0 Å². The number of nitrogens with zero attached hydrogens (tertiary/aromatic N) is 1. The predicted octanol–water partition coefficient (Wildman–Crippen LogP) is 1.21. The largest absolute Gasteiger partial charge is 0.355 e. The summed E-state index contributed by atoms with van der Waals surface area (Å²) in [5, 5.41) is 3.06. The molecule has 0 aromatic rings. The Morgan fingerprint density at radius 2 is 2.17 bits per heavy atom. The zero-order valence-corrected chi connectivity index (χ0v) is 12.1. The molecule has 18 heavy (non-hydrogen) atoms. The number of hydrogen-bond donors (Lipinski definition) is 2. The van der Waals surface area contributed by atoms with Crippen molar-refractivity contribution < 1.29 is 4.79 Å². The maximum Gasteiger partial charge on any atom is 0.223 e. The molecule has 0 saturated heterocycles. The summed E-state index contributed by atoms with van der Waals surface area (Å²) < 4.78 is 0. The molecular weight excluding hydrogens is 226 g/mol. The Kier molecular flexibility index (Phi) is 6.65. The molecule has 0 bridgehead atoms. The summed E-state index contributed by atoms with van der Waals surface area (Å²) >= 11 is 0. The van der Waals surface area contributed by atoms with Gasteiger partial charge in [-0.05, 0) is 52.6 Å². The summed E-state index contributed by atoms with van der Waals surface area (Å²) in [5.74, 6) is 0.967. The van der Waals surface area contributed by atoms with Crippen LogP contribution in [-0.4, -0.2) is 43.5 Å². The van der Waals surface area contributed by atoms with Crippen molar-refractivity contribution in [1.29, 1.82) is 0 Å². The van der Waals surface area contributed by atoms with E-state index >= 15 is 0 Å². The molecular formula is C14H29N3O. The van der Waals surface area contributed by atoms with Gasteiger partial charge in [0.05, 0.1) is 0 Å². The first-order valence-electron chi connectivity index (χ1n) is 7.22. The van der Waals surface area contributed by atoms with E-state index in [1.54, 1.807) is 0 Å². The number of nitrogens with two attached hydrogens (primary N) is 1. The van der Waals surface area contributed by atoms with E-state index in [2.05, 4.69) is 31.1 Å². The van der Waals surface area contributed by atoms with E-state index in [0.717, 1.165) is 38.9 Å². The molecule has 0 heterocycles. The molecule has 1 rings (SSSR count). The van der Waals surface area contributed by atoms with Gasteiger partial charge in [0.2, 0.25) is 5.91 Å².